The Morgan fingerprint density at radius 1 is 1.30 bits per heavy atom. The lowest BCUT2D eigenvalue weighted by Gasteiger charge is -2.31. The highest BCUT2D eigenvalue weighted by molar-refractivity contribution is 5.74. The average Bonchev–Trinajstić information content (AvgIpc) is 2.79. The van der Waals surface area contributed by atoms with Gasteiger partial charge in [-0.15, -0.1) is 0 Å². The number of amides is 1. The number of nitrogens with two attached hydrogens (primary N) is 2. The molecule has 2 rings (SSSR count). The number of carbonyl (C=O) groups is 1. The Hall–Kier alpha value is -1.35. The third-order valence-electron chi connectivity index (χ3n) is 4.70. The summed E-state index contributed by atoms with van der Waals surface area (Å²) in [7, 11) is 0. The van der Waals surface area contributed by atoms with Crippen LogP contribution in [0.1, 0.15) is 61.3 Å². The molecule has 0 spiro atoms. The molecule has 1 fully saturated rings. The molecule has 3 heteroatoms. The Kier molecular flexibility index (Phi) is 4.48. The molecule has 1 unspecified atom stereocenters. The molecule has 20 heavy (non-hydrogen) atoms. The van der Waals surface area contributed by atoms with Crippen molar-refractivity contribution >= 4 is 5.91 Å². The molecule has 110 valence electrons. The van der Waals surface area contributed by atoms with Crippen LogP contribution < -0.4 is 11.5 Å². The largest absolute Gasteiger partial charge is 0.370 e. The summed E-state index contributed by atoms with van der Waals surface area (Å²) in [5.41, 5.74) is 15.6. The number of rotatable bonds is 5. The van der Waals surface area contributed by atoms with Crippen LogP contribution in [-0.2, 0) is 4.79 Å². The normalized spacial score (nSPS) is 18.9. The Labute approximate surface area is 121 Å². The first-order chi connectivity index (χ1) is 9.42. The highest BCUT2D eigenvalue weighted by Gasteiger charge is 2.37. The maximum absolute atomic E-state index is 11.4. The summed E-state index contributed by atoms with van der Waals surface area (Å²) in [5.74, 6) is -0.194. The molecular formula is C17H26N2O. The second kappa shape index (κ2) is 5.96. The van der Waals surface area contributed by atoms with Gasteiger partial charge in [-0.05, 0) is 49.7 Å². The van der Waals surface area contributed by atoms with Crippen molar-refractivity contribution in [3.8, 4) is 0 Å². The van der Waals surface area contributed by atoms with Gasteiger partial charge in [0.1, 0.15) is 0 Å². The van der Waals surface area contributed by atoms with Gasteiger partial charge in [-0.25, -0.2) is 0 Å². The predicted molar refractivity (Wildman–Crippen MR) is 82.2 cm³/mol. The van der Waals surface area contributed by atoms with E-state index in [4.69, 9.17) is 11.5 Å². The van der Waals surface area contributed by atoms with Crippen LogP contribution in [0.15, 0.2) is 18.2 Å². The van der Waals surface area contributed by atoms with Gasteiger partial charge >= 0.3 is 0 Å². The van der Waals surface area contributed by atoms with E-state index in [1.807, 2.05) is 0 Å². The standard InChI is InChI=1S/C17H26N2O/c1-12-5-6-13(2)14(9-12)15(18)10-17(11-16(19)20)7-3-4-8-17/h5-6,9,15H,3-4,7-8,10-11,18H2,1-2H3,(H2,19,20). The van der Waals surface area contributed by atoms with Gasteiger partial charge in [0, 0.05) is 12.5 Å². The molecule has 1 atom stereocenters. The van der Waals surface area contributed by atoms with E-state index in [-0.39, 0.29) is 17.4 Å². The van der Waals surface area contributed by atoms with Crippen molar-refractivity contribution < 1.29 is 4.79 Å². The van der Waals surface area contributed by atoms with Gasteiger partial charge in [0.25, 0.3) is 0 Å². The van der Waals surface area contributed by atoms with Crippen LogP contribution in [-0.4, -0.2) is 5.91 Å². The maximum Gasteiger partial charge on any atom is 0.217 e. The number of carbonyl (C=O) groups excluding carboxylic acids is 1. The van der Waals surface area contributed by atoms with Crippen LogP contribution in [0.4, 0.5) is 0 Å². The molecule has 1 aromatic carbocycles. The van der Waals surface area contributed by atoms with Crippen molar-refractivity contribution in [2.45, 2.75) is 58.4 Å². The van der Waals surface area contributed by atoms with Gasteiger partial charge in [0.15, 0.2) is 0 Å². The monoisotopic (exact) mass is 274 g/mol. The average molecular weight is 274 g/mol. The predicted octanol–water partition coefficient (Wildman–Crippen LogP) is 3.13. The van der Waals surface area contributed by atoms with E-state index in [0.29, 0.717) is 6.42 Å². The highest BCUT2D eigenvalue weighted by atomic mass is 16.1. The molecule has 0 heterocycles. The fourth-order valence-electron chi connectivity index (χ4n) is 3.68. The molecule has 1 aromatic rings. The molecule has 1 saturated carbocycles. The van der Waals surface area contributed by atoms with Crippen molar-refractivity contribution in [1.82, 2.24) is 0 Å². The highest BCUT2D eigenvalue weighted by Crippen LogP contribution is 2.46. The van der Waals surface area contributed by atoms with E-state index < -0.39 is 0 Å². The Bertz CT molecular complexity index is 490. The molecule has 1 aliphatic rings. The van der Waals surface area contributed by atoms with Crippen molar-refractivity contribution in [2.75, 3.05) is 0 Å². The lowest BCUT2D eigenvalue weighted by Crippen LogP contribution is -2.30. The molecule has 4 N–H and O–H groups in total. The third-order valence-corrected chi connectivity index (χ3v) is 4.70. The summed E-state index contributed by atoms with van der Waals surface area (Å²) in [6, 6.07) is 6.40. The quantitative estimate of drug-likeness (QED) is 0.866. The van der Waals surface area contributed by atoms with E-state index in [1.165, 1.54) is 29.5 Å². The Balaban J connectivity index is 2.18. The molecule has 1 aliphatic carbocycles. The van der Waals surface area contributed by atoms with Gasteiger partial charge in [-0.3, -0.25) is 4.79 Å². The van der Waals surface area contributed by atoms with E-state index in [0.717, 1.165) is 19.3 Å². The second-order valence-electron chi connectivity index (χ2n) is 6.52. The van der Waals surface area contributed by atoms with Crippen molar-refractivity contribution in [3.63, 3.8) is 0 Å². The zero-order valence-corrected chi connectivity index (χ0v) is 12.6. The van der Waals surface area contributed by atoms with Crippen LogP contribution in [0.3, 0.4) is 0 Å². The lowest BCUT2D eigenvalue weighted by molar-refractivity contribution is -0.120. The first kappa shape index (κ1) is 15.0. The van der Waals surface area contributed by atoms with Gasteiger partial charge < -0.3 is 11.5 Å². The summed E-state index contributed by atoms with van der Waals surface area (Å²) in [6.07, 6.45) is 5.87. The van der Waals surface area contributed by atoms with E-state index in [9.17, 15) is 4.79 Å². The third kappa shape index (κ3) is 3.40. The summed E-state index contributed by atoms with van der Waals surface area (Å²) in [4.78, 5) is 11.4. The molecular weight excluding hydrogens is 248 g/mol. The number of benzene rings is 1. The lowest BCUT2D eigenvalue weighted by atomic mass is 9.75. The zero-order valence-electron chi connectivity index (χ0n) is 12.6. The van der Waals surface area contributed by atoms with Crippen LogP contribution in [0, 0.1) is 19.3 Å². The van der Waals surface area contributed by atoms with Crippen molar-refractivity contribution in [2.24, 2.45) is 16.9 Å². The molecule has 0 bridgehead atoms. The van der Waals surface area contributed by atoms with Crippen LogP contribution in [0.25, 0.3) is 0 Å². The second-order valence-corrected chi connectivity index (χ2v) is 6.52. The van der Waals surface area contributed by atoms with Crippen LogP contribution in [0.2, 0.25) is 0 Å². The molecule has 0 aliphatic heterocycles. The minimum absolute atomic E-state index is 0.00708. The van der Waals surface area contributed by atoms with Gasteiger partial charge in [-0.1, -0.05) is 36.6 Å². The van der Waals surface area contributed by atoms with Gasteiger partial charge in [-0.2, -0.15) is 0 Å². The summed E-state index contributed by atoms with van der Waals surface area (Å²) >= 11 is 0. The SMILES string of the molecule is Cc1ccc(C)c(C(N)CC2(CC(N)=O)CCCC2)c1. The van der Waals surface area contributed by atoms with E-state index >= 15 is 0 Å². The number of primary amides is 1. The Morgan fingerprint density at radius 3 is 2.55 bits per heavy atom. The van der Waals surface area contributed by atoms with E-state index in [1.54, 1.807) is 0 Å². The molecule has 3 nitrogen and oxygen atoms in total. The maximum atomic E-state index is 11.4. The van der Waals surface area contributed by atoms with Crippen molar-refractivity contribution in [3.05, 3.63) is 34.9 Å². The Morgan fingerprint density at radius 2 is 1.95 bits per heavy atom. The number of hydrogen-bond donors (Lipinski definition) is 2. The minimum atomic E-state index is -0.194. The number of aryl methyl sites for hydroxylation is 2. The molecule has 1 amide bonds. The van der Waals surface area contributed by atoms with Crippen LogP contribution >= 0.6 is 0 Å². The summed E-state index contributed by atoms with van der Waals surface area (Å²) in [5, 5.41) is 0. The topological polar surface area (TPSA) is 69.1 Å². The first-order valence-corrected chi connectivity index (χ1v) is 7.53. The van der Waals surface area contributed by atoms with E-state index in [2.05, 4.69) is 32.0 Å². The molecule has 0 aromatic heterocycles. The fraction of sp³-hybridized carbons (Fsp3) is 0.588. The summed E-state index contributed by atoms with van der Waals surface area (Å²) < 4.78 is 0. The number of hydrogen-bond acceptors (Lipinski definition) is 2. The smallest absolute Gasteiger partial charge is 0.217 e. The minimum Gasteiger partial charge on any atom is -0.370 e. The van der Waals surface area contributed by atoms with Gasteiger partial charge in [0.05, 0.1) is 0 Å². The van der Waals surface area contributed by atoms with Crippen LogP contribution in [0.5, 0.6) is 0 Å². The van der Waals surface area contributed by atoms with Crippen molar-refractivity contribution in [1.29, 1.82) is 0 Å². The molecule has 0 saturated heterocycles. The summed E-state index contributed by atoms with van der Waals surface area (Å²) in [6.45, 7) is 4.19. The zero-order chi connectivity index (χ0) is 14.8. The van der Waals surface area contributed by atoms with Gasteiger partial charge in [0.2, 0.25) is 5.91 Å². The molecule has 0 radical (unpaired) electrons. The first-order valence-electron chi connectivity index (χ1n) is 7.53. The fourth-order valence-corrected chi connectivity index (χ4v) is 3.68.